The third-order valence-corrected chi connectivity index (χ3v) is 6.21. The van der Waals surface area contributed by atoms with Crippen LogP contribution in [0.1, 0.15) is 26.5 Å². The summed E-state index contributed by atoms with van der Waals surface area (Å²) in [7, 11) is 1.55. The smallest absolute Gasteiger partial charge is 0.257 e. The molecular formula is C26H22ClN5O4S. The van der Waals surface area contributed by atoms with Gasteiger partial charge >= 0.3 is 0 Å². The van der Waals surface area contributed by atoms with Crippen LogP contribution in [0.5, 0.6) is 11.5 Å². The minimum absolute atomic E-state index is 0.0436. The zero-order chi connectivity index (χ0) is 26.0. The van der Waals surface area contributed by atoms with E-state index in [2.05, 4.69) is 26.0 Å². The van der Waals surface area contributed by atoms with Gasteiger partial charge in [-0.3, -0.25) is 14.9 Å². The molecule has 0 saturated carbocycles. The molecular weight excluding hydrogens is 514 g/mol. The van der Waals surface area contributed by atoms with Crippen molar-refractivity contribution < 1.29 is 19.1 Å². The lowest BCUT2D eigenvalue weighted by molar-refractivity contribution is -0.120. The Bertz CT molecular complexity index is 1410. The third-order valence-electron chi connectivity index (χ3n) is 5.00. The van der Waals surface area contributed by atoms with E-state index in [0.717, 1.165) is 16.9 Å². The van der Waals surface area contributed by atoms with Gasteiger partial charge in [0.2, 0.25) is 11.0 Å². The van der Waals surface area contributed by atoms with Crippen LogP contribution in [0.25, 0.3) is 0 Å². The van der Waals surface area contributed by atoms with Crippen LogP contribution in [0.4, 0.5) is 5.13 Å². The average Bonchev–Trinajstić information content (AvgIpc) is 3.35. The summed E-state index contributed by atoms with van der Waals surface area (Å²) >= 11 is 7.30. The number of halogens is 1. The first-order valence-corrected chi connectivity index (χ1v) is 12.3. The highest BCUT2D eigenvalue weighted by molar-refractivity contribution is 7.15. The molecule has 188 valence electrons. The molecule has 4 aromatic rings. The monoisotopic (exact) mass is 535 g/mol. The highest BCUT2D eigenvalue weighted by Crippen LogP contribution is 2.21. The summed E-state index contributed by atoms with van der Waals surface area (Å²) in [5.74, 6) is 0.531. The SMILES string of the molecule is COc1ccc(C(=O)Nc2nnc(CC(=O)N/N=C\c3ccccc3OCc3ccccc3Cl)s2)cc1. The maximum Gasteiger partial charge on any atom is 0.257 e. The molecule has 0 fully saturated rings. The highest BCUT2D eigenvalue weighted by Gasteiger charge is 2.13. The third kappa shape index (κ3) is 7.35. The summed E-state index contributed by atoms with van der Waals surface area (Å²) < 4.78 is 11.0. The Morgan fingerprint density at radius 2 is 1.78 bits per heavy atom. The number of hydrogen-bond donors (Lipinski definition) is 2. The quantitative estimate of drug-likeness (QED) is 0.224. The summed E-state index contributed by atoms with van der Waals surface area (Å²) in [6.07, 6.45) is 1.46. The van der Waals surface area contributed by atoms with Gasteiger partial charge in [-0.1, -0.05) is 53.3 Å². The van der Waals surface area contributed by atoms with Gasteiger partial charge in [0.1, 0.15) is 23.1 Å². The van der Waals surface area contributed by atoms with Crippen molar-refractivity contribution in [2.75, 3.05) is 12.4 Å². The molecule has 9 nitrogen and oxygen atoms in total. The number of hydrazone groups is 1. The van der Waals surface area contributed by atoms with E-state index in [-0.39, 0.29) is 23.4 Å². The molecule has 2 amide bonds. The number of ether oxygens (including phenoxy) is 2. The van der Waals surface area contributed by atoms with Crippen molar-refractivity contribution >= 4 is 46.1 Å². The van der Waals surface area contributed by atoms with Crippen LogP contribution >= 0.6 is 22.9 Å². The van der Waals surface area contributed by atoms with Gasteiger partial charge in [0, 0.05) is 21.7 Å². The van der Waals surface area contributed by atoms with E-state index in [4.69, 9.17) is 21.1 Å². The Hall–Kier alpha value is -4.28. The fourth-order valence-electron chi connectivity index (χ4n) is 3.13. The number of hydrogen-bond acceptors (Lipinski definition) is 8. The lowest BCUT2D eigenvalue weighted by atomic mass is 10.2. The largest absolute Gasteiger partial charge is 0.497 e. The molecule has 4 rings (SSSR count). The van der Waals surface area contributed by atoms with Gasteiger partial charge in [-0.15, -0.1) is 10.2 Å². The number of rotatable bonds is 10. The second-order valence-corrected chi connectivity index (χ2v) is 9.04. The van der Waals surface area contributed by atoms with Gasteiger partial charge in [-0.2, -0.15) is 5.10 Å². The van der Waals surface area contributed by atoms with Crippen LogP contribution in [0.2, 0.25) is 5.02 Å². The molecule has 11 heteroatoms. The molecule has 0 aliphatic rings. The van der Waals surface area contributed by atoms with Gasteiger partial charge < -0.3 is 9.47 Å². The van der Waals surface area contributed by atoms with Crippen LogP contribution in [0, 0.1) is 0 Å². The Morgan fingerprint density at radius 1 is 1.03 bits per heavy atom. The van der Waals surface area contributed by atoms with Crippen LogP contribution in [-0.2, 0) is 17.8 Å². The fraction of sp³-hybridized carbons (Fsp3) is 0.115. The number of carbonyl (C=O) groups excluding carboxylic acids is 2. The van der Waals surface area contributed by atoms with E-state index in [1.165, 1.54) is 6.21 Å². The molecule has 0 bridgehead atoms. The summed E-state index contributed by atoms with van der Waals surface area (Å²) in [5, 5.41) is 15.9. The molecule has 0 radical (unpaired) electrons. The topological polar surface area (TPSA) is 115 Å². The Balaban J connectivity index is 1.28. The summed E-state index contributed by atoms with van der Waals surface area (Å²) in [4.78, 5) is 24.7. The first-order valence-electron chi connectivity index (χ1n) is 11.1. The van der Waals surface area contributed by atoms with Crippen molar-refractivity contribution in [1.82, 2.24) is 15.6 Å². The maximum atomic E-state index is 12.4. The molecule has 1 heterocycles. The molecule has 1 aromatic heterocycles. The molecule has 0 aliphatic heterocycles. The molecule has 0 aliphatic carbocycles. The second-order valence-electron chi connectivity index (χ2n) is 7.57. The molecule has 0 atom stereocenters. The molecule has 3 aromatic carbocycles. The summed E-state index contributed by atoms with van der Waals surface area (Å²) in [5.41, 5.74) is 4.47. The molecule has 0 saturated heterocycles. The number of para-hydroxylation sites is 1. The average molecular weight is 536 g/mol. The number of nitrogens with one attached hydrogen (secondary N) is 2. The Labute approximate surface area is 222 Å². The number of methoxy groups -OCH3 is 1. The predicted molar refractivity (Wildman–Crippen MR) is 143 cm³/mol. The number of anilines is 1. The number of nitrogens with zero attached hydrogens (tertiary/aromatic N) is 3. The van der Waals surface area contributed by atoms with E-state index in [0.29, 0.717) is 39.3 Å². The first kappa shape index (κ1) is 25.8. The van der Waals surface area contributed by atoms with Crippen LogP contribution in [-0.4, -0.2) is 35.3 Å². The highest BCUT2D eigenvalue weighted by atomic mass is 35.5. The van der Waals surface area contributed by atoms with E-state index in [1.807, 2.05) is 42.5 Å². The number of benzene rings is 3. The predicted octanol–water partition coefficient (Wildman–Crippen LogP) is 4.72. The van der Waals surface area contributed by atoms with Crippen LogP contribution in [0.3, 0.4) is 0 Å². The lowest BCUT2D eigenvalue weighted by Crippen LogP contribution is -2.19. The first-order chi connectivity index (χ1) is 18.0. The Morgan fingerprint density at radius 3 is 2.57 bits per heavy atom. The zero-order valence-corrected chi connectivity index (χ0v) is 21.3. The number of aromatic nitrogens is 2. The van der Waals surface area contributed by atoms with Crippen molar-refractivity contribution in [2.45, 2.75) is 13.0 Å². The van der Waals surface area contributed by atoms with E-state index in [9.17, 15) is 9.59 Å². The van der Waals surface area contributed by atoms with E-state index < -0.39 is 0 Å². The van der Waals surface area contributed by atoms with Crippen LogP contribution < -0.4 is 20.2 Å². The summed E-state index contributed by atoms with van der Waals surface area (Å²) in [6, 6.07) is 21.4. The van der Waals surface area contributed by atoms with Gasteiger partial charge in [0.25, 0.3) is 5.91 Å². The minimum atomic E-state index is -0.380. The maximum absolute atomic E-state index is 12.4. The summed E-state index contributed by atoms with van der Waals surface area (Å²) in [6.45, 7) is 0.297. The van der Waals surface area contributed by atoms with Crippen molar-refractivity contribution in [2.24, 2.45) is 5.10 Å². The minimum Gasteiger partial charge on any atom is -0.497 e. The van der Waals surface area contributed by atoms with Crippen molar-refractivity contribution in [3.8, 4) is 11.5 Å². The molecule has 2 N–H and O–H groups in total. The Kier molecular flexibility index (Phi) is 8.79. The number of amides is 2. The van der Waals surface area contributed by atoms with Crippen molar-refractivity contribution in [3.05, 3.63) is 99.5 Å². The van der Waals surface area contributed by atoms with Crippen LogP contribution in [0.15, 0.2) is 77.9 Å². The van der Waals surface area contributed by atoms with Gasteiger partial charge in [-0.05, 0) is 42.5 Å². The van der Waals surface area contributed by atoms with E-state index in [1.54, 1.807) is 37.4 Å². The van der Waals surface area contributed by atoms with Gasteiger partial charge in [-0.25, -0.2) is 5.43 Å². The van der Waals surface area contributed by atoms with Gasteiger partial charge in [0.15, 0.2) is 0 Å². The fourth-order valence-corrected chi connectivity index (χ4v) is 4.05. The van der Waals surface area contributed by atoms with Crippen molar-refractivity contribution in [1.29, 1.82) is 0 Å². The normalized spacial score (nSPS) is 10.8. The molecule has 0 spiro atoms. The zero-order valence-electron chi connectivity index (χ0n) is 19.7. The van der Waals surface area contributed by atoms with Gasteiger partial charge in [0.05, 0.1) is 19.7 Å². The molecule has 0 unspecified atom stereocenters. The van der Waals surface area contributed by atoms with Crippen molar-refractivity contribution in [3.63, 3.8) is 0 Å². The standard InChI is InChI=1S/C26H22ClN5O4S/c1-35-20-12-10-17(11-13-20)25(34)29-26-32-31-24(37-26)14-23(33)30-28-15-18-6-3-5-9-22(18)36-16-19-7-2-4-8-21(19)27/h2-13,15H,14,16H2,1H3,(H,30,33)(H,29,32,34)/b28-15-. The second kappa shape index (κ2) is 12.6. The molecule has 37 heavy (non-hydrogen) atoms. The van der Waals surface area contributed by atoms with E-state index >= 15 is 0 Å². The number of carbonyl (C=O) groups is 2. The lowest BCUT2D eigenvalue weighted by Gasteiger charge is -2.10.